The molecule has 0 aliphatic carbocycles. The highest BCUT2D eigenvalue weighted by atomic mass is 19.1. The Morgan fingerprint density at radius 1 is 1.59 bits per heavy atom. The predicted octanol–water partition coefficient (Wildman–Crippen LogP) is 1.29. The Bertz CT molecular complexity index is 421. The van der Waals surface area contributed by atoms with Gasteiger partial charge in [-0.05, 0) is 25.5 Å². The second-order valence-corrected chi connectivity index (χ2v) is 3.75. The summed E-state index contributed by atoms with van der Waals surface area (Å²) in [5.74, 6) is -2.05. The van der Waals surface area contributed by atoms with Crippen LogP contribution in [0.4, 0.5) is 15.8 Å². The highest BCUT2D eigenvalue weighted by Gasteiger charge is 2.17. The number of aromatic carboxylic acids is 1. The van der Waals surface area contributed by atoms with Crippen LogP contribution in [0.15, 0.2) is 12.1 Å². The van der Waals surface area contributed by atoms with Gasteiger partial charge in [0.15, 0.2) is 0 Å². The number of rotatable bonds is 5. The first kappa shape index (κ1) is 13.2. The number of carboxylic acids is 1. The number of carbonyl (C=O) groups is 1. The summed E-state index contributed by atoms with van der Waals surface area (Å²) in [4.78, 5) is 11.0. The van der Waals surface area contributed by atoms with Crippen LogP contribution in [-0.4, -0.2) is 28.8 Å². The van der Waals surface area contributed by atoms with E-state index >= 15 is 0 Å². The van der Waals surface area contributed by atoms with Gasteiger partial charge in [-0.3, -0.25) is 0 Å². The standard InChI is InChI=1S/C11H15FN2O3/c1-6(15)4-5-14-8-3-2-7(12)10(13)9(8)11(16)17/h2-3,6,14-15H,4-5,13H2,1H3,(H,16,17). The van der Waals surface area contributed by atoms with E-state index in [1.54, 1.807) is 6.92 Å². The van der Waals surface area contributed by atoms with E-state index in [4.69, 9.17) is 15.9 Å². The summed E-state index contributed by atoms with van der Waals surface area (Å²) >= 11 is 0. The van der Waals surface area contributed by atoms with Crippen molar-refractivity contribution < 1.29 is 19.4 Å². The lowest BCUT2D eigenvalue weighted by Gasteiger charge is -2.12. The van der Waals surface area contributed by atoms with E-state index in [9.17, 15) is 9.18 Å². The van der Waals surface area contributed by atoms with Gasteiger partial charge in [0.2, 0.25) is 0 Å². The van der Waals surface area contributed by atoms with Crippen LogP contribution in [0, 0.1) is 5.82 Å². The van der Waals surface area contributed by atoms with E-state index in [1.807, 2.05) is 0 Å². The van der Waals surface area contributed by atoms with Gasteiger partial charge in [-0.15, -0.1) is 0 Å². The van der Waals surface area contributed by atoms with Crippen molar-refractivity contribution in [2.24, 2.45) is 0 Å². The first-order valence-electron chi connectivity index (χ1n) is 5.16. The molecular formula is C11H15FN2O3. The average Bonchev–Trinajstić information content (AvgIpc) is 2.22. The van der Waals surface area contributed by atoms with Crippen LogP contribution in [0.25, 0.3) is 0 Å². The minimum atomic E-state index is -1.29. The molecule has 0 aliphatic heterocycles. The molecule has 1 atom stereocenters. The molecule has 0 spiro atoms. The number of nitrogens with one attached hydrogen (secondary N) is 1. The van der Waals surface area contributed by atoms with Crippen molar-refractivity contribution in [2.75, 3.05) is 17.6 Å². The molecule has 0 aromatic heterocycles. The molecule has 0 saturated heterocycles. The number of anilines is 2. The van der Waals surface area contributed by atoms with Gasteiger partial charge >= 0.3 is 5.97 Å². The summed E-state index contributed by atoms with van der Waals surface area (Å²) < 4.78 is 13.1. The van der Waals surface area contributed by atoms with Gasteiger partial charge in [0, 0.05) is 6.54 Å². The zero-order valence-electron chi connectivity index (χ0n) is 9.40. The molecule has 0 radical (unpaired) electrons. The average molecular weight is 242 g/mol. The third-order valence-corrected chi connectivity index (χ3v) is 2.28. The van der Waals surface area contributed by atoms with Gasteiger partial charge in [-0.1, -0.05) is 0 Å². The summed E-state index contributed by atoms with van der Waals surface area (Å²) in [5.41, 5.74) is 4.95. The van der Waals surface area contributed by atoms with Gasteiger partial charge in [-0.2, -0.15) is 0 Å². The zero-order chi connectivity index (χ0) is 13.0. The Morgan fingerprint density at radius 2 is 2.24 bits per heavy atom. The lowest BCUT2D eigenvalue weighted by molar-refractivity contribution is 0.0698. The number of aliphatic hydroxyl groups excluding tert-OH is 1. The van der Waals surface area contributed by atoms with E-state index < -0.39 is 17.9 Å². The van der Waals surface area contributed by atoms with Crippen molar-refractivity contribution in [2.45, 2.75) is 19.4 Å². The lowest BCUT2D eigenvalue weighted by atomic mass is 10.1. The third kappa shape index (κ3) is 3.32. The van der Waals surface area contributed by atoms with Crippen LogP contribution in [0.2, 0.25) is 0 Å². The maximum absolute atomic E-state index is 13.1. The van der Waals surface area contributed by atoms with Crippen molar-refractivity contribution in [1.29, 1.82) is 0 Å². The molecule has 0 bridgehead atoms. The van der Waals surface area contributed by atoms with Crippen LogP contribution in [0.1, 0.15) is 23.7 Å². The molecule has 17 heavy (non-hydrogen) atoms. The normalized spacial score (nSPS) is 12.2. The first-order valence-corrected chi connectivity index (χ1v) is 5.16. The molecule has 0 saturated carbocycles. The third-order valence-electron chi connectivity index (χ3n) is 2.28. The van der Waals surface area contributed by atoms with Crippen molar-refractivity contribution in [3.8, 4) is 0 Å². The molecule has 0 heterocycles. The maximum Gasteiger partial charge on any atom is 0.340 e. The van der Waals surface area contributed by atoms with E-state index in [0.717, 1.165) is 6.07 Å². The fourth-order valence-corrected chi connectivity index (χ4v) is 1.39. The second kappa shape index (κ2) is 5.49. The predicted molar refractivity (Wildman–Crippen MR) is 62.6 cm³/mol. The molecular weight excluding hydrogens is 227 g/mol. The fourth-order valence-electron chi connectivity index (χ4n) is 1.39. The van der Waals surface area contributed by atoms with Gasteiger partial charge in [-0.25, -0.2) is 9.18 Å². The first-order chi connectivity index (χ1) is 7.93. The Hall–Kier alpha value is -1.82. The van der Waals surface area contributed by atoms with Crippen LogP contribution in [-0.2, 0) is 0 Å². The molecule has 1 unspecified atom stereocenters. The quantitative estimate of drug-likeness (QED) is 0.583. The molecule has 0 amide bonds. The van der Waals surface area contributed by atoms with Crippen LogP contribution in [0.3, 0.4) is 0 Å². The van der Waals surface area contributed by atoms with Crippen molar-refractivity contribution in [3.63, 3.8) is 0 Å². The number of benzene rings is 1. The summed E-state index contributed by atoms with van der Waals surface area (Å²) in [6, 6.07) is 2.42. The van der Waals surface area contributed by atoms with Crippen LogP contribution >= 0.6 is 0 Å². The lowest BCUT2D eigenvalue weighted by Crippen LogP contribution is -2.14. The Morgan fingerprint density at radius 3 is 2.76 bits per heavy atom. The summed E-state index contributed by atoms with van der Waals surface area (Å²) in [6.07, 6.45) is -0.0374. The zero-order valence-corrected chi connectivity index (χ0v) is 9.40. The molecule has 1 rings (SSSR count). The molecule has 5 N–H and O–H groups in total. The topological polar surface area (TPSA) is 95.6 Å². The number of aliphatic hydroxyl groups is 1. The van der Waals surface area contributed by atoms with Gasteiger partial charge in [0.05, 0.1) is 17.5 Å². The highest BCUT2D eigenvalue weighted by Crippen LogP contribution is 2.25. The number of hydrogen-bond donors (Lipinski definition) is 4. The number of nitrogens with two attached hydrogens (primary N) is 1. The van der Waals surface area contributed by atoms with Crippen molar-refractivity contribution >= 4 is 17.3 Å². The van der Waals surface area contributed by atoms with Crippen LogP contribution in [0.5, 0.6) is 0 Å². The summed E-state index contributed by atoms with van der Waals surface area (Å²) in [6.45, 7) is 2.00. The maximum atomic E-state index is 13.1. The fraction of sp³-hybridized carbons (Fsp3) is 0.364. The van der Waals surface area contributed by atoms with E-state index in [-0.39, 0.29) is 16.9 Å². The molecule has 1 aromatic carbocycles. The Kier molecular flexibility index (Phi) is 4.28. The van der Waals surface area contributed by atoms with E-state index in [2.05, 4.69) is 5.32 Å². The highest BCUT2D eigenvalue weighted by molar-refractivity contribution is 6.00. The van der Waals surface area contributed by atoms with Crippen LogP contribution < -0.4 is 11.1 Å². The molecule has 0 aliphatic rings. The van der Waals surface area contributed by atoms with Gasteiger partial charge in [0.25, 0.3) is 0 Å². The molecule has 6 heteroatoms. The summed E-state index contributed by atoms with van der Waals surface area (Å²) in [7, 11) is 0. The van der Waals surface area contributed by atoms with E-state index in [0.29, 0.717) is 13.0 Å². The second-order valence-electron chi connectivity index (χ2n) is 3.75. The molecule has 94 valence electrons. The smallest absolute Gasteiger partial charge is 0.340 e. The number of hydrogen-bond acceptors (Lipinski definition) is 4. The number of carboxylic acid groups (broad SMARTS) is 1. The Balaban J connectivity index is 2.91. The molecule has 0 fully saturated rings. The largest absolute Gasteiger partial charge is 0.478 e. The van der Waals surface area contributed by atoms with Crippen molar-refractivity contribution in [1.82, 2.24) is 0 Å². The minimum absolute atomic E-state index is 0.247. The molecule has 5 nitrogen and oxygen atoms in total. The number of halogens is 1. The van der Waals surface area contributed by atoms with Gasteiger partial charge < -0.3 is 21.3 Å². The number of nitrogen functional groups attached to an aromatic ring is 1. The van der Waals surface area contributed by atoms with Gasteiger partial charge in [0.1, 0.15) is 11.4 Å². The summed E-state index contributed by atoms with van der Waals surface area (Å²) in [5, 5.41) is 20.8. The SMILES string of the molecule is CC(O)CCNc1ccc(F)c(N)c1C(=O)O. The molecule has 1 aromatic rings. The Labute approximate surface area is 98.1 Å². The monoisotopic (exact) mass is 242 g/mol. The minimum Gasteiger partial charge on any atom is -0.478 e. The van der Waals surface area contributed by atoms with Crippen molar-refractivity contribution in [3.05, 3.63) is 23.5 Å². The van der Waals surface area contributed by atoms with E-state index in [1.165, 1.54) is 6.07 Å².